The molecule has 2 aromatic carbocycles. The summed E-state index contributed by atoms with van der Waals surface area (Å²) < 4.78 is 5.23. The summed E-state index contributed by atoms with van der Waals surface area (Å²) in [5, 5.41) is 12.8. The summed E-state index contributed by atoms with van der Waals surface area (Å²) in [6.07, 6.45) is 2.03. The number of aromatic amines is 1. The number of H-pyrrole nitrogens is 1. The van der Waals surface area contributed by atoms with Gasteiger partial charge >= 0.3 is 0 Å². The molecule has 0 saturated heterocycles. The molecule has 1 heterocycles. The van der Waals surface area contributed by atoms with E-state index < -0.39 is 0 Å². The summed E-state index contributed by atoms with van der Waals surface area (Å²) in [6.45, 7) is 0. The van der Waals surface area contributed by atoms with Crippen molar-refractivity contribution in [3.63, 3.8) is 0 Å². The molecular formula is C18H15N3O2. The normalized spacial score (nSPS) is 10.3. The van der Waals surface area contributed by atoms with E-state index in [1.165, 1.54) is 0 Å². The number of carbonyl (C=O) groups excluding carboxylic acids is 1. The topological polar surface area (TPSA) is 77.9 Å². The Kier molecular flexibility index (Phi) is 3.98. The average Bonchev–Trinajstić information content (AvgIpc) is 2.97. The molecule has 0 radical (unpaired) electrons. The zero-order chi connectivity index (χ0) is 16.2. The lowest BCUT2D eigenvalue weighted by Crippen LogP contribution is -2.15. The second-order valence-corrected chi connectivity index (χ2v) is 5.11. The molecule has 23 heavy (non-hydrogen) atoms. The first-order valence-corrected chi connectivity index (χ1v) is 7.14. The number of para-hydroxylation sites is 1. The Balaban J connectivity index is 1.82. The third-order valence-corrected chi connectivity index (χ3v) is 3.65. The third-order valence-electron chi connectivity index (χ3n) is 3.65. The number of hydrogen-bond donors (Lipinski definition) is 2. The van der Waals surface area contributed by atoms with Gasteiger partial charge in [0.05, 0.1) is 24.8 Å². The Labute approximate surface area is 133 Å². The van der Waals surface area contributed by atoms with E-state index in [1.807, 2.05) is 24.4 Å². The fraction of sp³-hybridized carbons (Fsp3) is 0.111. The van der Waals surface area contributed by atoms with Gasteiger partial charge in [-0.25, -0.2) is 0 Å². The van der Waals surface area contributed by atoms with Crippen LogP contribution >= 0.6 is 0 Å². The molecule has 1 amide bonds. The van der Waals surface area contributed by atoms with E-state index in [0.717, 1.165) is 22.2 Å². The van der Waals surface area contributed by atoms with Gasteiger partial charge in [0.15, 0.2) is 0 Å². The van der Waals surface area contributed by atoms with Crippen molar-refractivity contribution in [3.8, 4) is 11.8 Å². The van der Waals surface area contributed by atoms with Crippen molar-refractivity contribution in [1.29, 1.82) is 5.26 Å². The third kappa shape index (κ3) is 3.01. The lowest BCUT2D eigenvalue weighted by Gasteiger charge is -2.06. The quantitative estimate of drug-likeness (QED) is 0.776. The first-order valence-electron chi connectivity index (χ1n) is 7.14. The molecule has 0 aliphatic carbocycles. The molecule has 0 spiro atoms. The Morgan fingerprint density at radius 1 is 1.30 bits per heavy atom. The highest BCUT2D eigenvalue weighted by molar-refractivity contribution is 5.96. The molecule has 0 aliphatic rings. The number of anilines is 1. The molecule has 114 valence electrons. The number of methoxy groups -OCH3 is 1. The number of hydrogen-bond acceptors (Lipinski definition) is 3. The predicted molar refractivity (Wildman–Crippen MR) is 88.3 cm³/mol. The summed E-state index contributed by atoms with van der Waals surface area (Å²) in [6, 6.07) is 14.7. The number of aromatic nitrogens is 1. The lowest BCUT2D eigenvalue weighted by molar-refractivity contribution is -0.115. The molecule has 5 heteroatoms. The highest BCUT2D eigenvalue weighted by Crippen LogP contribution is 2.24. The minimum absolute atomic E-state index is 0.170. The van der Waals surface area contributed by atoms with E-state index in [-0.39, 0.29) is 12.3 Å². The van der Waals surface area contributed by atoms with Gasteiger partial charge in [0.1, 0.15) is 11.8 Å². The predicted octanol–water partition coefficient (Wildman–Crippen LogP) is 3.23. The number of nitriles is 1. The van der Waals surface area contributed by atoms with Crippen LogP contribution in [0.3, 0.4) is 0 Å². The van der Waals surface area contributed by atoms with E-state index in [4.69, 9.17) is 10.00 Å². The van der Waals surface area contributed by atoms with Gasteiger partial charge in [0.2, 0.25) is 5.91 Å². The molecule has 3 rings (SSSR count). The molecule has 5 nitrogen and oxygen atoms in total. The van der Waals surface area contributed by atoms with Crippen LogP contribution in [0, 0.1) is 11.3 Å². The zero-order valence-electron chi connectivity index (χ0n) is 12.6. The molecule has 0 fully saturated rings. The zero-order valence-corrected chi connectivity index (χ0v) is 12.6. The van der Waals surface area contributed by atoms with Crippen molar-refractivity contribution < 1.29 is 9.53 Å². The maximum Gasteiger partial charge on any atom is 0.228 e. The van der Waals surface area contributed by atoms with Crippen molar-refractivity contribution in [3.05, 3.63) is 59.8 Å². The Morgan fingerprint density at radius 3 is 2.91 bits per heavy atom. The summed E-state index contributed by atoms with van der Waals surface area (Å²) >= 11 is 0. The smallest absolute Gasteiger partial charge is 0.228 e. The Bertz CT molecular complexity index is 906. The van der Waals surface area contributed by atoms with Crippen molar-refractivity contribution in [2.75, 3.05) is 12.4 Å². The van der Waals surface area contributed by atoms with Gasteiger partial charge in [-0.05, 0) is 35.9 Å². The van der Waals surface area contributed by atoms with Gasteiger partial charge in [0, 0.05) is 17.1 Å². The molecule has 0 saturated carbocycles. The van der Waals surface area contributed by atoms with Crippen LogP contribution in [0.4, 0.5) is 5.69 Å². The van der Waals surface area contributed by atoms with E-state index >= 15 is 0 Å². The van der Waals surface area contributed by atoms with Crippen molar-refractivity contribution in [2.24, 2.45) is 0 Å². The van der Waals surface area contributed by atoms with E-state index in [2.05, 4.69) is 16.4 Å². The Morgan fingerprint density at radius 2 is 2.13 bits per heavy atom. The van der Waals surface area contributed by atoms with Crippen LogP contribution in [-0.2, 0) is 11.2 Å². The van der Waals surface area contributed by atoms with Crippen molar-refractivity contribution in [1.82, 2.24) is 4.98 Å². The van der Waals surface area contributed by atoms with Crippen LogP contribution in [0.15, 0.2) is 48.7 Å². The number of fused-ring (bicyclic) bond motifs is 1. The van der Waals surface area contributed by atoms with E-state index in [0.29, 0.717) is 11.3 Å². The minimum Gasteiger partial charge on any atom is -0.497 e. The molecule has 3 aromatic rings. The second-order valence-electron chi connectivity index (χ2n) is 5.11. The summed E-state index contributed by atoms with van der Waals surface area (Å²) in [5.41, 5.74) is 2.80. The summed E-state index contributed by atoms with van der Waals surface area (Å²) in [5.74, 6) is 0.574. The number of nitrogens with one attached hydrogen (secondary N) is 2. The van der Waals surface area contributed by atoms with Crippen molar-refractivity contribution >= 4 is 22.5 Å². The van der Waals surface area contributed by atoms with E-state index in [1.54, 1.807) is 31.4 Å². The van der Waals surface area contributed by atoms with Crippen LogP contribution < -0.4 is 10.1 Å². The SMILES string of the molecule is COc1ccc2[nH]cc(CC(=O)Nc3ccccc3C#N)c2c1. The second kappa shape index (κ2) is 6.24. The van der Waals surface area contributed by atoms with Gasteiger partial charge in [0.25, 0.3) is 0 Å². The number of nitrogens with zero attached hydrogens (tertiary/aromatic N) is 1. The van der Waals surface area contributed by atoms with Crippen LogP contribution in [0.5, 0.6) is 5.75 Å². The van der Waals surface area contributed by atoms with Gasteiger partial charge in [-0.3, -0.25) is 4.79 Å². The van der Waals surface area contributed by atoms with Crippen LogP contribution in [0.1, 0.15) is 11.1 Å². The largest absolute Gasteiger partial charge is 0.497 e. The van der Waals surface area contributed by atoms with Gasteiger partial charge in [-0.15, -0.1) is 0 Å². The van der Waals surface area contributed by atoms with Crippen LogP contribution in [0.2, 0.25) is 0 Å². The molecule has 2 N–H and O–H groups in total. The number of amides is 1. The highest BCUT2D eigenvalue weighted by Gasteiger charge is 2.11. The highest BCUT2D eigenvalue weighted by atomic mass is 16.5. The fourth-order valence-electron chi connectivity index (χ4n) is 2.49. The molecule has 1 aromatic heterocycles. The Hall–Kier alpha value is -3.26. The number of rotatable bonds is 4. The maximum atomic E-state index is 12.3. The average molecular weight is 305 g/mol. The number of ether oxygens (including phenoxy) is 1. The number of benzene rings is 2. The minimum atomic E-state index is -0.170. The monoisotopic (exact) mass is 305 g/mol. The lowest BCUT2D eigenvalue weighted by atomic mass is 10.1. The van der Waals surface area contributed by atoms with Gasteiger partial charge < -0.3 is 15.0 Å². The van der Waals surface area contributed by atoms with Crippen LogP contribution in [0.25, 0.3) is 10.9 Å². The molecule has 0 unspecified atom stereocenters. The first kappa shape index (κ1) is 14.7. The fourth-order valence-corrected chi connectivity index (χ4v) is 2.49. The van der Waals surface area contributed by atoms with Gasteiger partial charge in [-0.1, -0.05) is 12.1 Å². The maximum absolute atomic E-state index is 12.3. The first-order chi connectivity index (χ1) is 11.2. The molecule has 0 bridgehead atoms. The van der Waals surface area contributed by atoms with Crippen LogP contribution in [-0.4, -0.2) is 18.0 Å². The summed E-state index contributed by atoms with van der Waals surface area (Å²) in [7, 11) is 1.61. The number of carbonyl (C=O) groups is 1. The molecular weight excluding hydrogens is 290 g/mol. The van der Waals surface area contributed by atoms with Gasteiger partial charge in [-0.2, -0.15) is 5.26 Å². The summed E-state index contributed by atoms with van der Waals surface area (Å²) in [4.78, 5) is 15.4. The van der Waals surface area contributed by atoms with Crippen molar-refractivity contribution in [2.45, 2.75) is 6.42 Å². The standard InChI is InChI=1S/C18H15N3O2/c1-23-14-6-7-17-15(9-14)13(11-20-17)8-18(22)21-16-5-3-2-4-12(16)10-19/h2-7,9,11,20H,8H2,1H3,(H,21,22). The van der Waals surface area contributed by atoms with E-state index in [9.17, 15) is 4.79 Å². The molecule has 0 atom stereocenters. The molecule has 0 aliphatic heterocycles.